The first-order chi connectivity index (χ1) is 27.1. The zero-order valence-electron chi connectivity index (χ0n) is 30.6. The summed E-state index contributed by atoms with van der Waals surface area (Å²) in [5.74, 6) is -0.760. The maximum Gasteiger partial charge on any atom is 0.481 e. The molecule has 2 aromatic rings. The molecule has 1 fully saturated rings. The van der Waals surface area contributed by atoms with E-state index >= 15 is 0 Å². The molecule has 2 aromatic heterocycles. The fraction of sp³-hybridized carbons (Fsp3) is 0.517. The van der Waals surface area contributed by atoms with Crippen LogP contribution in [0.2, 0.25) is 0 Å². The van der Waals surface area contributed by atoms with Gasteiger partial charge in [-0.3, -0.25) is 32.5 Å². The molecule has 322 valence electrons. The number of aromatic nitrogens is 4. The second-order valence-electron chi connectivity index (χ2n) is 12.9. The number of carbonyl (C=O) groups is 3. The SMILES string of the molecule is CC(C)(COP(=O)(O)OP(=O)(O)OC[C@H]1O[C@@H](n2cnc3c(N)ncnc32)[C@H](O)[C@@H]1OP(=O)(O)O)[C@@H](O)C(=O)NCCC(=O)NCCSC(=O)/C=C1\CC=CC=CO1. The van der Waals surface area contributed by atoms with Crippen LogP contribution in [0.4, 0.5) is 5.82 Å². The van der Waals surface area contributed by atoms with E-state index in [9.17, 15) is 57.9 Å². The first-order valence-electron chi connectivity index (χ1n) is 16.8. The third-order valence-electron chi connectivity index (χ3n) is 7.89. The van der Waals surface area contributed by atoms with Gasteiger partial charge in [0.05, 0.1) is 25.8 Å². The van der Waals surface area contributed by atoms with E-state index in [-0.39, 0.29) is 47.4 Å². The maximum atomic E-state index is 12.7. The van der Waals surface area contributed by atoms with Gasteiger partial charge in [0, 0.05) is 43.2 Å². The molecular formula is C29H42N7O18P3S. The van der Waals surface area contributed by atoms with Crippen LogP contribution in [0.3, 0.4) is 0 Å². The summed E-state index contributed by atoms with van der Waals surface area (Å²) >= 11 is 0.966. The summed E-state index contributed by atoms with van der Waals surface area (Å²) in [6.45, 7) is 0.385. The maximum absolute atomic E-state index is 12.7. The molecule has 4 rings (SSSR count). The van der Waals surface area contributed by atoms with Crippen LogP contribution in [0.25, 0.3) is 11.2 Å². The highest BCUT2D eigenvalue weighted by Crippen LogP contribution is 2.61. The van der Waals surface area contributed by atoms with Gasteiger partial charge in [0.25, 0.3) is 0 Å². The van der Waals surface area contributed by atoms with Gasteiger partial charge in [-0.15, -0.1) is 0 Å². The number of nitrogens with one attached hydrogen (secondary N) is 2. The number of nitrogens with zero attached hydrogens (tertiary/aromatic N) is 4. The highest BCUT2D eigenvalue weighted by Gasteiger charge is 2.50. The molecule has 0 spiro atoms. The molecule has 7 atom stereocenters. The summed E-state index contributed by atoms with van der Waals surface area (Å²) in [4.78, 5) is 87.8. The average molecular weight is 902 g/mol. The minimum absolute atomic E-state index is 0.0271. The molecule has 1 saturated heterocycles. The summed E-state index contributed by atoms with van der Waals surface area (Å²) in [7, 11) is -16.4. The Morgan fingerprint density at radius 3 is 2.53 bits per heavy atom. The smallest absolute Gasteiger partial charge is 0.469 e. The lowest BCUT2D eigenvalue weighted by molar-refractivity contribution is -0.137. The number of carbonyl (C=O) groups excluding carboxylic acids is 3. The Hall–Kier alpha value is -3.42. The molecule has 0 aromatic carbocycles. The van der Waals surface area contributed by atoms with Crippen LogP contribution >= 0.6 is 35.2 Å². The monoisotopic (exact) mass is 901 g/mol. The van der Waals surface area contributed by atoms with Crippen molar-refractivity contribution in [3.05, 3.63) is 49.0 Å². The molecule has 2 unspecified atom stereocenters. The third kappa shape index (κ3) is 14.1. The quantitative estimate of drug-likeness (QED) is 0.0481. The molecule has 58 heavy (non-hydrogen) atoms. The van der Waals surface area contributed by atoms with E-state index < -0.39 is 84.6 Å². The molecule has 10 N–H and O–H groups in total. The van der Waals surface area contributed by atoms with Gasteiger partial charge in [-0.2, -0.15) is 4.31 Å². The molecule has 29 heteroatoms. The van der Waals surface area contributed by atoms with Crippen LogP contribution in [0.15, 0.2) is 49.0 Å². The van der Waals surface area contributed by atoms with Crippen LogP contribution in [0.1, 0.15) is 32.9 Å². The molecule has 0 radical (unpaired) electrons. The van der Waals surface area contributed by atoms with Gasteiger partial charge in [-0.05, 0) is 6.08 Å². The highest BCUT2D eigenvalue weighted by atomic mass is 32.2. The van der Waals surface area contributed by atoms with Gasteiger partial charge in [0.15, 0.2) is 17.7 Å². The molecule has 0 bridgehead atoms. The van der Waals surface area contributed by atoms with Gasteiger partial charge in [-0.25, -0.2) is 28.6 Å². The van der Waals surface area contributed by atoms with Crippen molar-refractivity contribution < 1.29 is 85.2 Å². The Morgan fingerprint density at radius 1 is 1.09 bits per heavy atom. The molecule has 0 aliphatic carbocycles. The van der Waals surface area contributed by atoms with E-state index in [4.69, 9.17) is 24.3 Å². The standard InChI is InChI=1S/C29H42N7O18P3S/c1-29(2,24(40)27(41)32-8-7-19(37)31-9-11-58-20(38)12-17-6-4-3-5-10-49-17)14-51-57(47,48)54-56(45,46)50-13-18-23(53-55(42,43)44)22(39)28(52-18)36-16-35-21-25(30)33-15-34-26(21)36/h3-5,10,12,15-16,18,22-24,28,39-40H,6-9,11,13-14H2,1-2H3,(H,31,37)(H,32,41)(H,45,46)(H,47,48)(H2,30,33,34)(H2,42,43,44)/b17-12+/t18-,22-,23-,24+,28-/m1/s1. The van der Waals surface area contributed by atoms with E-state index in [1.807, 2.05) is 6.08 Å². The lowest BCUT2D eigenvalue weighted by atomic mass is 9.87. The van der Waals surface area contributed by atoms with Crippen molar-refractivity contribution in [3.8, 4) is 0 Å². The minimum atomic E-state index is -5.58. The number of rotatable bonds is 20. The second-order valence-corrected chi connectivity index (χ2v) is 18.3. The van der Waals surface area contributed by atoms with Crippen molar-refractivity contribution >= 4 is 69.1 Å². The summed E-state index contributed by atoms with van der Waals surface area (Å²) in [5.41, 5.74) is 4.24. The zero-order valence-corrected chi connectivity index (χ0v) is 34.1. The number of nitrogen functional groups attached to an aromatic ring is 1. The van der Waals surface area contributed by atoms with E-state index in [0.717, 1.165) is 29.0 Å². The van der Waals surface area contributed by atoms with Crippen molar-refractivity contribution in [1.82, 2.24) is 30.2 Å². The Labute approximate surface area is 333 Å². The Kier molecular flexibility index (Phi) is 16.5. The van der Waals surface area contributed by atoms with Gasteiger partial charge in [0.1, 0.15) is 42.0 Å². The van der Waals surface area contributed by atoms with Gasteiger partial charge in [-0.1, -0.05) is 37.8 Å². The number of hydrogen-bond donors (Lipinski definition) is 9. The van der Waals surface area contributed by atoms with Crippen molar-refractivity contribution in [2.75, 3.05) is 37.8 Å². The number of hydrogen-bond acceptors (Lipinski definition) is 19. The Morgan fingerprint density at radius 2 is 1.81 bits per heavy atom. The number of phosphoric ester groups is 3. The number of aliphatic hydroxyl groups excluding tert-OH is 2. The van der Waals surface area contributed by atoms with Crippen molar-refractivity contribution in [3.63, 3.8) is 0 Å². The topological polar surface area (TPSA) is 373 Å². The van der Waals surface area contributed by atoms with Crippen molar-refractivity contribution in [2.24, 2.45) is 5.41 Å². The first kappa shape index (κ1) is 47.3. The number of imidazole rings is 1. The predicted octanol–water partition coefficient (Wildman–Crippen LogP) is 0.0388. The van der Waals surface area contributed by atoms with Gasteiger partial charge >= 0.3 is 23.5 Å². The minimum Gasteiger partial charge on any atom is -0.469 e. The number of nitrogens with two attached hydrogens (primary N) is 1. The summed E-state index contributed by atoms with van der Waals surface area (Å²) in [5, 5.41) is 26.1. The molecular weight excluding hydrogens is 859 g/mol. The number of ether oxygens (including phenoxy) is 2. The van der Waals surface area contributed by atoms with Crippen LogP contribution in [-0.4, -0.2) is 123 Å². The molecule has 2 amide bonds. The highest BCUT2D eigenvalue weighted by molar-refractivity contribution is 8.14. The van der Waals surface area contributed by atoms with Crippen LogP contribution in [0.5, 0.6) is 0 Å². The predicted molar refractivity (Wildman–Crippen MR) is 199 cm³/mol. The van der Waals surface area contributed by atoms with E-state index in [1.54, 1.807) is 12.2 Å². The number of phosphoric acid groups is 3. The van der Waals surface area contributed by atoms with E-state index in [2.05, 4.69) is 34.4 Å². The summed E-state index contributed by atoms with van der Waals surface area (Å²) in [6.07, 6.45) is 1.58. The molecule has 4 heterocycles. The fourth-order valence-electron chi connectivity index (χ4n) is 5.03. The lowest BCUT2D eigenvalue weighted by Gasteiger charge is -2.30. The zero-order chi connectivity index (χ0) is 42.9. The lowest BCUT2D eigenvalue weighted by Crippen LogP contribution is -2.46. The number of allylic oxidation sites excluding steroid dienone is 3. The number of aliphatic hydroxyl groups is 2. The van der Waals surface area contributed by atoms with Crippen LogP contribution < -0.4 is 16.4 Å². The molecule has 0 saturated carbocycles. The number of amides is 2. The van der Waals surface area contributed by atoms with Crippen LogP contribution in [0, 0.1) is 5.41 Å². The van der Waals surface area contributed by atoms with E-state index in [0.29, 0.717) is 12.2 Å². The first-order valence-corrected chi connectivity index (χ1v) is 22.3. The number of thioether (sulfide) groups is 1. The van der Waals surface area contributed by atoms with Crippen LogP contribution in [-0.2, 0) is 55.4 Å². The normalized spacial score (nSPS) is 23.1. The third-order valence-corrected chi connectivity index (χ3v) is 11.8. The second kappa shape index (κ2) is 20.2. The largest absolute Gasteiger partial charge is 0.481 e. The van der Waals surface area contributed by atoms with Gasteiger partial charge in [0.2, 0.25) is 16.9 Å². The van der Waals surface area contributed by atoms with Crippen molar-refractivity contribution in [2.45, 2.75) is 57.3 Å². The molecule has 25 nitrogen and oxygen atoms in total. The Balaban J connectivity index is 1.21. The fourth-order valence-corrected chi connectivity index (χ4v) is 8.48. The average Bonchev–Trinajstić information content (AvgIpc) is 3.57. The van der Waals surface area contributed by atoms with Crippen molar-refractivity contribution in [1.29, 1.82) is 0 Å². The number of anilines is 1. The summed E-state index contributed by atoms with van der Waals surface area (Å²) < 4.78 is 67.4. The summed E-state index contributed by atoms with van der Waals surface area (Å²) in [6, 6.07) is 0. The molecule has 2 aliphatic rings. The van der Waals surface area contributed by atoms with E-state index in [1.165, 1.54) is 26.2 Å². The van der Waals surface area contributed by atoms with Gasteiger partial charge < -0.3 is 55.6 Å². The Bertz CT molecular complexity index is 2030. The number of fused-ring (bicyclic) bond motifs is 1. The molecule has 2 aliphatic heterocycles.